The lowest BCUT2D eigenvalue weighted by molar-refractivity contribution is -0.135. The summed E-state index contributed by atoms with van der Waals surface area (Å²) < 4.78 is 76.7. The van der Waals surface area contributed by atoms with Crippen molar-refractivity contribution >= 4 is 72.4 Å². The molecule has 632 valence electrons. The first-order valence-electron chi connectivity index (χ1n) is 41.3. The molecule has 4 unspecified atom stereocenters. The fourth-order valence-electron chi connectivity index (χ4n) is 16.5. The fraction of sp³-hybridized carbons (Fsp3) is 0.485. The Morgan fingerprint density at radius 2 is 0.897 bits per heavy atom. The smallest absolute Gasteiger partial charge is 0.389 e. The highest BCUT2D eigenvalue weighted by Gasteiger charge is 2.42. The summed E-state index contributed by atoms with van der Waals surface area (Å²) in [5, 5.41) is 29.5. The number of methoxy groups -OCH3 is 2. The molecule has 8 aromatic carbocycles. The summed E-state index contributed by atoms with van der Waals surface area (Å²) in [6.45, 7) is 43.3. The molecule has 4 atom stereocenters. The van der Waals surface area contributed by atoms with Crippen molar-refractivity contribution in [2.75, 3.05) is 19.5 Å². The molecule has 0 aliphatic carbocycles. The van der Waals surface area contributed by atoms with E-state index in [0.717, 1.165) is 99.3 Å². The molecule has 0 saturated heterocycles. The third-order valence-electron chi connectivity index (χ3n) is 24.2. The Kier molecular flexibility index (Phi) is 29.7. The highest BCUT2D eigenvalue weighted by molar-refractivity contribution is 14.1. The van der Waals surface area contributed by atoms with E-state index in [-0.39, 0.29) is 51.2 Å². The van der Waals surface area contributed by atoms with E-state index in [0.29, 0.717) is 47.3 Å². The molecule has 0 aromatic heterocycles. The third-order valence-corrected chi connectivity index (χ3v) is 26.4. The van der Waals surface area contributed by atoms with Crippen LogP contribution in [0.1, 0.15) is 309 Å². The Labute approximate surface area is 723 Å². The SMILES string of the molecule is CC(C)(CCCCBr)c1ccc2c(c1)OC(C)(C)c1ccc(Br)cc1-2.CCCCCC(C)C(C)c1ccc2c(c1)OC(C)(C)c1ccc(C(=O)O)cc1-2.COc1c(I)c(C(C)(C)CCC(C)(C)C)cc2c1-c1cc(C(=O)O)ccc1C(C)(C)O2.COc1cc(C(C)C(C)CCCCC(F)(F)F)cc2c1-c1cc(C(=O)O)ccc1C(C)(C)O2. The molecule has 18 heteroatoms. The van der Waals surface area contributed by atoms with Gasteiger partial charge in [-0.3, -0.25) is 0 Å². The molecule has 117 heavy (non-hydrogen) atoms. The van der Waals surface area contributed by atoms with Gasteiger partial charge in [-0.15, -0.1) is 0 Å². The van der Waals surface area contributed by atoms with Gasteiger partial charge >= 0.3 is 24.1 Å². The number of benzene rings is 8. The number of hydrogen-bond acceptors (Lipinski definition) is 9. The van der Waals surface area contributed by atoms with Crippen molar-refractivity contribution in [1.82, 2.24) is 0 Å². The number of carboxylic acid groups (broad SMARTS) is 3. The van der Waals surface area contributed by atoms with E-state index in [1.165, 1.54) is 78.3 Å². The van der Waals surface area contributed by atoms with Crippen molar-refractivity contribution in [3.05, 3.63) is 197 Å². The molecular formula is C99H122Br2F3IO12. The van der Waals surface area contributed by atoms with E-state index in [1.807, 2.05) is 72.7 Å². The van der Waals surface area contributed by atoms with Gasteiger partial charge in [0, 0.05) is 49.6 Å². The first kappa shape index (κ1) is 93.3. The minimum Gasteiger partial charge on any atom is -0.496 e. The first-order chi connectivity index (χ1) is 54.5. The largest absolute Gasteiger partial charge is 0.496 e. The number of rotatable bonds is 25. The molecule has 0 fully saturated rings. The van der Waals surface area contributed by atoms with Crippen molar-refractivity contribution in [1.29, 1.82) is 0 Å². The third kappa shape index (κ3) is 22.0. The molecule has 12 rings (SSSR count). The second-order valence-electron chi connectivity index (χ2n) is 36.9. The zero-order chi connectivity index (χ0) is 86.6. The Hall–Kier alpha value is -7.55. The van der Waals surface area contributed by atoms with Crippen molar-refractivity contribution < 1.29 is 71.3 Å². The van der Waals surface area contributed by atoms with Gasteiger partial charge in [0.2, 0.25) is 0 Å². The van der Waals surface area contributed by atoms with Gasteiger partial charge < -0.3 is 43.7 Å². The van der Waals surface area contributed by atoms with Crippen LogP contribution in [0, 0.1) is 20.8 Å². The summed E-state index contributed by atoms with van der Waals surface area (Å²) in [6.07, 6.45) is 7.32. The summed E-state index contributed by atoms with van der Waals surface area (Å²) in [6, 6.07) is 41.2. The summed E-state index contributed by atoms with van der Waals surface area (Å²) in [5.41, 5.74) is 15.5. The minimum absolute atomic E-state index is 0.0667. The maximum atomic E-state index is 12.4. The standard InChI is InChI=1S/C26H31F3O4.C26H33IO4.C25H32O3.C22H26Br2O/c1-15(8-6-7-11-26(27,28)29)16(2)18-13-21(32-5)23-19-12-17(24(30)31)9-10-20(19)25(3,4)33-22(23)14-18;1-24(2,3)11-12-25(4,5)18-14-19-20(22(30-8)21(18)27)16-13-15(23(28)29)9-10-17(16)26(6,7)31-19;1-6-7-8-9-16(2)17(3)18-10-12-20-21-14-19(24(26)27)11-13-22(21)25(4,5)28-23(20)15-18;1-21(2,11-5-6-12-23)15-7-9-17-18-14-16(24)8-10-19(18)22(3,4)25-20(17)13-15/h9-10,12-16H,6-8,11H2,1-5H3,(H,30,31);9-10,13-14H,11-12H2,1-8H3,(H,28,29);10-17H,6-9H2,1-5H3,(H,26,27);7-10,13-14H,5-6,11-12H2,1-4H3. The van der Waals surface area contributed by atoms with Crippen LogP contribution in [0.25, 0.3) is 44.5 Å². The molecule has 0 spiro atoms. The zero-order valence-corrected chi connectivity index (χ0v) is 77.9. The van der Waals surface area contributed by atoms with Crippen molar-refractivity contribution in [3.8, 4) is 79.0 Å². The van der Waals surface area contributed by atoms with Gasteiger partial charge in [-0.05, 0) is 273 Å². The monoisotopic (exact) mass is 1840 g/mol. The second kappa shape index (κ2) is 37.2. The van der Waals surface area contributed by atoms with Crippen LogP contribution in [0.3, 0.4) is 0 Å². The van der Waals surface area contributed by atoms with Crippen LogP contribution in [0.4, 0.5) is 13.2 Å². The lowest BCUT2D eigenvalue weighted by Gasteiger charge is -2.38. The van der Waals surface area contributed by atoms with E-state index in [9.17, 15) is 42.9 Å². The van der Waals surface area contributed by atoms with Crippen LogP contribution in [-0.4, -0.2) is 59.0 Å². The number of alkyl halides is 4. The predicted molar refractivity (Wildman–Crippen MR) is 483 cm³/mol. The minimum atomic E-state index is -4.11. The summed E-state index contributed by atoms with van der Waals surface area (Å²) in [4.78, 5) is 34.7. The Balaban J connectivity index is 0.000000179. The first-order valence-corrected chi connectivity index (χ1v) is 44.2. The van der Waals surface area contributed by atoms with Crippen LogP contribution in [0.2, 0.25) is 0 Å². The maximum absolute atomic E-state index is 12.4. The van der Waals surface area contributed by atoms with Crippen LogP contribution in [0.15, 0.2) is 132 Å². The molecule has 4 aliphatic heterocycles. The molecule has 4 heterocycles. The number of carbonyl (C=O) groups is 3. The Morgan fingerprint density at radius 1 is 0.462 bits per heavy atom. The van der Waals surface area contributed by atoms with Crippen LogP contribution >= 0.6 is 54.5 Å². The van der Waals surface area contributed by atoms with Crippen molar-refractivity contribution in [2.45, 2.75) is 273 Å². The van der Waals surface area contributed by atoms with Crippen LogP contribution < -0.4 is 28.4 Å². The normalized spacial score (nSPS) is 15.8. The summed E-state index contributed by atoms with van der Waals surface area (Å²) >= 11 is 9.51. The molecular weight excluding hydrogens is 1720 g/mol. The number of unbranched alkanes of at least 4 members (excludes halogenated alkanes) is 4. The Morgan fingerprint density at radius 3 is 1.38 bits per heavy atom. The van der Waals surface area contributed by atoms with Gasteiger partial charge in [-0.2, -0.15) is 13.2 Å². The topological polar surface area (TPSA) is 167 Å². The average Bonchev–Trinajstić information content (AvgIpc) is 0.738. The molecule has 3 N–H and O–H groups in total. The van der Waals surface area contributed by atoms with Gasteiger partial charge in [0.25, 0.3) is 0 Å². The van der Waals surface area contributed by atoms with Gasteiger partial charge in [0.05, 0.1) is 45.6 Å². The quantitative estimate of drug-likeness (QED) is 0.0282. The second-order valence-corrected chi connectivity index (χ2v) is 39.7. The van der Waals surface area contributed by atoms with E-state index >= 15 is 0 Å². The fourth-order valence-corrected chi connectivity index (χ4v) is 18.6. The number of carboxylic acids is 3. The predicted octanol–water partition coefficient (Wildman–Crippen LogP) is 29.5. The van der Waals surface area contributed by atoms with E-state index in [2.05, 4.69) is 205 Å². The number of fused-ring (bicyclic) bond motifs is 12. The van der Waals surface area contributed by atoms with Crippen LogP contribution in [0.5, 0.6) is 34.5 Å². The van der Waals surface area contributed by atoms with Gasteiger partial charge in [0.1, 0.15) is 56.9 Å². The molecule has 12 nitrogen and oxygen atoms in total. The highest BCUT2D eigenvalue weighted by atomic mass is 127. The van der Waals surface area contributed by atoms with Crippen molar-refractivity contribution in [3.63, 3.8) is 0 Å². The lowest BCUT2D eigenvalue weighted by atomic mass is 9.75. The number of ether oxygens (including phenoxy) is 6. The maximum Gasteiger partial charge on any atom is 0.389 e. The number of halogens is 6. The molecule has 0 amide bonds. The van der Waals surface area contributed by atoms with E-state index in [4.69, 9.17) is 28.4 Å². The highest BCUT2D eigenvalue weighted by Crippen LogP contribution is 2.56. The van der Waals surface area contributed by atoms with Crippen molar-refractivity contribution in [2.24, 2.45) is 17.3 Å². The lowest BCUT2D eigenvalue weighted by Crippen LogP contribution is -2.30. The van der Waals surface area contributed by atoms with Gasteiger partial charge in [-0.1, -0.05) is 208 Å². The molecule has 4 aliphatic rings. The molecule has 0 saturated carbocycles. The Bertz CT molecular complexity index is 4930. The molecule has 0 radical (unpaired) electrons. The molecule has 0 bridgehead atoms. The number of aromatic carboxylic acids is 3. The van der Waals surface area contributed by atoms with E-state index < -0.39 is 47.3 Å². The van der Waals surface area contributed by atoms with Crippen LogP contribution in [-0.2, 0) is 33.2 Å². The van der Waals surface area contributed by atoms with E-state index in [1.54, 1.807) is 56.7 Å². The molecule has 8 aromatic rings. The average molecular weight is 1850 g/mol. The summed E-state index contributed by atoms with van der Waals surface area (Å²) in [5.74, 6) is 3.01. The zero-order valence-electron chi connectivity index (χ0n) is 72.6. The van der Waals surface area contributed by atoms with Gasteiger partial charge in [0.15, 0.2) is 0 Å². The number of hydrogen-bond donors (Lipinski definition) is 3. The van der Waals surface area contributed by atoms with Gasteiger partial charge in [-0.25, -0.2) is 14.4 Å². The summed E-state index contributed by atoms with van der Waals surface area (Å²) in [7, 11) is 3.23.